The average Bonchev–Trinajstić information content (AvgIpc) is 2.59. The Balaban J connectivity index is 2.22. The van der Waals surface area contributed by atoms with E-state index < -0.39 is 17.8 Å². The second-order valence-corrected chi connectivity index (χ2v) is 5.32. The number of nitrogens with one attached hydrogen (secondary N) is 1. The molecule has 2 aromatic rings. The molecule has 0 bridgehead atoms. The molecule has 24 heavy (non-hydrogen) atoms. The van der Waals surface area contributed by atoms with Gasteiger partial charge < -0.3 is 14.6 Å². The van der Waals surface area contributed by atoms with Gasteiger partial charge in [0, 0.05) is 11.6 Å². The Morgan fingerprint density at radius 1 is 1.25 bits per heavy atom. The topological polar surface area (TPSA) is 75.6 Å². The quantitative estimate of drug-likeness (QED) is 0.763. The molecule has 0 aromatic heterocycles. The monoisotopic (exact) mass is 331 g/mol. The van der Waals surface area contributed by atoms with Crippen molar-refractivity contribution in [2.24, 2.45) is 0 Å². The Hall–Kier alpha value is -2.73. The molecular weight excluding hydrogens is 313 g/mol. The fourth-order valence-electron chi connectivity index (χ4n) is 2.45. The molecule has 1 unspecified atom stereocenters. The summed E-state index contributed by atoms with van der Waals surface area (Å²) in [7, 11) is 1.49. The predicted octanol–water partition coefficient (Wildman–Crippen LogP) is 3.12. The van der Waals surface area contributed by atoms with Gasteiger partial charge in [-0.3, -0.25) is 5.32 Å². The van der Waals surface area contributed by atoms with Gasteiger partial charge in [-0.25, -0.2) is 9.18 Å². The molecule has 0 aliphatic carbocycles. The van der Waals surface area contributed by atoms with Crippen LogP contribution in [0.15, 0.2) is 42.5 Å². The Labute approximate surface area is 139 Å². The Morgan fingerprint density at radius 3 is 2.46 bits per heavy atom. The molecule has 0 radical (unpaired) electrons. The second-order valence-electron chi connectivity index (χ2n) is 5.32. The first-order valence-corrected chi connectivity index (χ1v) is 7.34. The van der Waals surface area contributed by atoms with E-state index in [-0.39, 0.29) is 11.6 Å². The fourth-order valence-corrected chi connectivity index (χ4v) is 2.45. The van der Waals surface area contributed by atoms with Gasteiger partial charge >= 0.3 is 5.97 Å². The summed E-state index contributed by atoms with van der Waals surface area (Å²) < 4.78 is 18.7. The highest BCUT2D eigenvalue weighted by Gasteiger charge is 2.18. The highest BCUT2D eigenvalue weighted by molar-refractivity contribution is 5.87. The van der Waals surface area contributed by atoms with Gasteiger partial charge in [-0.2, -0.15) is 0 Å². The van der Waals surface area contributed by atoms with Crippen LogP contribution in [-0.2, 0) is 4.79 Å². The van der Waals surface area contributed by atoms with E-state index in [1.54, 1.807) is 19.1 Å². The molecule has 2 N–H and O–H groups in total. The Bertz CT molecular complexity index is 730. The van der Waals surface area contributed by atoms with Crippen LogP contribution >= 0.6 is 0 Å². The van der Waals surface area contributed by atoms with E-state index in [2.05, 4.69) is 5.32 Å². The zero-order chi connectivity index (χ0) is 17.7. The first-order chi connectivity index (χ1) is 11.5. The number of carbonyl (C=O) groups excluding carboxylic acids is 1. The second kappa shape index (κ2) is 7.70. The van der Waals surface area contributed by atoms with Crippen molar-refractivity contribution in [1.82, 2.24) is 5.32 Å². The average molecular weight is 331 g/mol. The number of hydrogen-bond donors (Lipinski definition) is 2. The van der Waals surface area contributed by atoms with Crippen molar-refractivity contribution in [3.8, 4) is 5.75 Å². The van der Waals surface area contributed by atoms with Crippen LogP contribution in [0.1, 0.15) is 40.5 Å². The summed E-state index contributed by atoms with van der Waals surface area (Å²) in [6, 6.07) is 9.19. The smallest absolute Gasteiger partial charge is 0.335 e. The van der Waals surface area contributed by atoms with Gasteiger partial charge in [0.25, 0.3) is 0 Å². The van der Waals surface area contributed by atoms with Crippen molar-refractivity contribution in [3.05, 3.63) is 65.0 Å². The third-order valence-corrected chi connectivity index (χ3v) is 3.74. The number of aromatic carboxylic acids is 1. The maximum Gasteiger partial charge on any atom is 0.335 e. The summed E-state index contributed by atoms with van der Waals surface area (Å²) in [5.41, 5.74) is 1.35. The minimum absolute atomic E-state index is 0.142. The van der Waals surface area contributed by atoms with E-state index in [9.17, 15) is 14.0 Å². The van der Waals surface area contributed by atoms with Crippen LogP contribution < -0.4 is 10.1 Å². The van der Waals surface area contributed by atoms with Crippen LogP contribution in [-0.4, -0.2) is 24.5 Å². The number of aldehydes is 1. The molecule has 0 spiro atoms. The van der Waals surface area contributed by atoms with Crippen LogP contribution in [0.3, 0.4) is 0 Å². The first kappa shape index (κ1) is 17.6. The largest absolute Gasteiger partial charge is 0.496 e. The van der Waals surface area contributed by atoms with E-state index in [1.165, 1.54) is 37.4 Å². The minimum atomic E-state index is -1.03. The van der Waals surface area contributed by atoms with E-state index in [0.29, 0.717) is 16.9 Å². The zero-order valence-corrected chi connectivity index (χ0v) is 13.3. The SMILES string of the molecule is COc1ccc(F)cc1[C@H](C)NC(C=O)c1ccc(C(=O)O)cc1. The predicted molar refractivity (Wildman–Crippen MR) is 86.7 cm³/mol. The molecule has 0 saturated heterocycles. The highest BCUT2D eigenvalue weighted by atomic mass is 19.1. The number of ether oxygens (including phenoxy) is 1. The Kier molecular flexibility index (Phi) is 5.65. The molecule has 2 atom stereocenters. The molecule has 0 heterocycles. The molecule has 2 aromatic carbocycles. The molecule has 0 aliphatic heterocycles. The van der Waals surface area contributed by atoms with Crippen molar-refractivity contribution in [1.29, 1.82) is 0 Å². The first-order valence-electron chi connectivity index (χ1n) is 7.34. The van der Waals surface area contributed by atoms with Gasteiger partial charge in [0.05, 0.1) is 18.7 Å². The van der Waals surface area contributed by atoms with Crippen molar-refractivity contribution in [3.63, 3.8) is 0 Å². The van der Waals surface area contributed by atoms with Crippen LogP contribution in [0.2, 0.25) is 0 Å². The van der Waals surface area contributed by atoms with Gasteiger partial charge in [0.15, 0.2) is 0 Å². The molecule has 5 nitrogen and oxygen atoms in total. The number of hydrogen-bond acceptors (Lipinski definition) is 4. The van der Waals surface area contributed by atoms with Gasteiger partial charge in [-0.15, -0.1) is 0 Å². The molecule has 0 aliphatic rings. The maximum atomic E-state index is 13.5. The van der Waals surface area contributed by atoms with Crippen molar-refractivity contribution in [2.45, 2.75) is 19.0 Å². The number of benzene rings is 2. The standard InChI is InChI=1S/C18H18FNO4/c1-11(15-9-14(19)7-8-17(15)24-2)20-16(10-21)12-3-5-13(6-4-12)18(22)23/h3-11,16,20H,1-2H3,(H,22,23)/t11-,16?/m0/s1. The lowest BCUT2D eigenvalue weighted by Crippen LogP contribution is -2.26. The molecular formula is C18H18FNO4. The lowest BCUT2D eigenvalue weighted by atomic mass is 10.0. The minimum Gasteiger partial charge on any atom is -0.496 e. The summed E-state index contributed by atoms with van der Waals surface area (Å²) in [5.74, 6) is -0.912. The fraction of sp³-hybridized carbons (Fsp3) is 0.222. The summed E-state index contributed by atoms with van der Waals surface area (Å²) in [4.78, 5) is 22.3. The van der Waals surface area contributed by atoms with Crippen LogP contribution in [0, 0.1) is 5.82 Å². The lowest BCUT2D eigenvalue weighted by molar-refractivity contribution is -0.109. The van der Waals surface area contributed by atoms with Crippen molar-refractivity contribution >= 4 is 12.3 Å². The molecule has 6 heteroatoms. The summed E-state index contributed by atoms with van der Waals surface area (Å²) in [6.45, 7) is 1.79. The number of halogens is 1. The summed E-state index contributed by atoms with van der Waals surface area (Å²) in [5, 5.41) is 12.0. The highest BCUT2D eigenvalue weighted by Crippen LogP contribution is 2.27. The number of methoxy groups -OCH3 is 1. The molecule has 0 amide bonds. The van der Waals surface area contributed by atoms with E-state index in [4.69, 9.17) is 9.84 Å². The Morgan fingerprint density at radius 2 is 1.92 bits per heavy atom. The van der Waals surface area contributed by atoms with Gasteiger partial charge in [-0.05, 0) is 42.8 Å². The van der Waals surface area contributed by atoms with Crippen LogP contribution in [0.25, 0.3) is 0 Å². The van der Waals surface area contributed by atoms with Crippen molar-refractivity contribution < 1.29 is 23.8 Å². The number of carbonyl (C=O) groups is 2. The van der Waals surface area contributed by atoms with Crippen molar-refractivity contribution in [2.75, 3.05) is 7.11 Å². The van der Waals surface area contributed by atoms with Crippen LogP contribution in [0.5, 0.6) is 5.75 Å². The van der Waals surface area contributed by atoms with E-state index in [0.717, 1.165) is 6.29 Å². The normalized spacial score (nSPS) is 13.1. The summed E-state index contributed by atoms with van der Waals surface area (Å²) in [6.07, 6.45) is 0.720. The number of carboxylic acids is 1. The van der Waals surface area contributed by atoms with Gasteiger partial charge in [0.1, 0.15) is 17.9 Å². The molecule has 126 valence electrons. The number of carboxylic acid groups (broad SMARTS) is 1. The van der Waals surface area contributed by atoms with E-state index >= 15 is 0 Å². The van der Waals surface area contributed by atoms with Crippen LogP contribution in [0.4, 0.5) is 4.39 Å². The maximum absolute atomic E-state index is 13.5. The van der Waals surface area contributed by atoms with E-state index in [1.807, 2.05) is 0 Å². The molecule has 0 fully saturated rings. The summed E-state index contributed by atoms with van der Waals surface area (Å²) >= 11 is 0. The van der Waals surface area contributed by atoms with Gasteiger partial charge in [-0.1, -0.05) is 12.1 Å². The third-order valence-electron chi connectivity index (χ3n) is 3.74. The lowest BCUT2D eigenvalue weighted by Gasteiger charge is -2.21. The molecule has 2 rings (SSSR count). The van der Waals surface area contributed by atoms with Gasteiger partial charge in [0.2, 0.25) is 0 Å². The number of rotatable bonds is 7. The molecule has 0 saturated carbocycles. The zero-order valence-electron chi connectivity index (χ0n) is 13.3. The third kappa shape index (κ3) is 3.97.